The van der Waals surface area contributed by atoms with Crippen LogP contribution in [0.5, 0.6) is 0 Å². The molecular formula is C24H26N2O4S. The van der Waals surface area contributed by atoms with Gasteiger partial charge in [0, 0.05) is 6.54 Å². The molecule has 0 spiro atoms. The van der Waals surface area contributed by atoms with Gasteiger partial charge in [-0.3, -0.25) is 4.79 Å². The Balaban J connectivity index is 0.000000210. The van der Waals surface area contributed by atoms with Crippen LogP contribution in [0.15, 0.2) is 83.8 Å². The lowest BCUT2D eigenvalue weighted by molar-refractivity contribution is -0.147. The van der Waals surface area contributed by atoms with E-state index < -0.39 is 10.0 Å². The van der Waals surface area contributed by atoms with Gasteiger partial charge in [0.2, 0.25) is 10.0 Å². The van der Waals surface area contributed by atoms with Crippen molar-refractivity contribution in [2.45, 2.75) is 37.4 Å². The summed E-state index contributed by atoms with van der Waals surface area (Å²) in [6.45, 7) is 2.94. The van der Waals surface area contributed by atoms with Crippen LogP contribution >= 0.6 is 0 Å². The zero-order chi connectivity index (χ0) is 22.3. The summed E-state index contributed by atoms with van der Waals surface area (Å²) in [5, 5.41) is 8.12. The number of nitrogens with two attached hydrogens (primary N) is 1. The minimum absolute atomic E-state index is 0.156. The van der Waals surface area contributed by atoms with Gasteiger partial charge in [-0.25, -0.2) is 13.6 Å². The van der Waals surface area contributed by atoms with Gasteiger partial charge in [0.05, 0.1) is 4.90 Å². The molecule has 0 amide bonds. The predicted molar refractivity (Wildman–Crippen MR) is 120 cm³/mol. The minimum atomic E-state index is -3.52. The van der Waals surface area contributed by atoms with E-state index in [1.165, 1.54) is 23.3 Å². The molecular weight excluding hydrogens is 412 g/mol. The van der Waals surface area contributed by atoms with Crippen molar-refractivity contribution < 1.29 is 17.9 Å². The molecule has 3 N–H and O–H groups in total. The number of hydrogen-bond acceptors (Lipinski definition) is 5. The number of rotatable bonds is 4. The first-order valence-electron chi connectivity index (χ1n) is 9.93. The monoisotopic (exact) mass is 438 g/mol. The Labute approximate surface area is 183 Å². The van der Waals surface area contributed by atoms with E-state index in [4.69, 9.17) is 9.88 Å². The van der Waals surface area contributed by atoms with E-state index in [0.717, 1.165) is 17.7 Å². The summed E-state index contributed by atoms with van der Waals surface area (Å²) in [5.74, 6) is -0.177. The Morgan fingerprint density at radius 1 is 0.968 bits per heavy atom. The molecule has 3 aromatic carbocycles. The number of aryl methyl sites for hydroxylation is 1. The van der Waals surface area contributed by atoms with Crippen LogP contribution in [0.25, 0.3) is 0 Å². The standard InChI is InChI=1S/C17H17NO2.C7H9NO2S/c19-17(20-12-13-6-2-1-3-7-13)16-10-14-8-4-5-9-15(14)11-18-16;1-6-2-4-7(5-3-6)11(8,9)10/h1-9,16,18H,10-12H2;2-5H,1H3,(H2,8,9,10)/t16-;/m0./s1. The number of sulfonamides is 1. The Morgan fingerprint density at radius 2 is 1.58 bits per heavy atom. The highest BCUT2D eigenvalue weighted by atomic mass is 32.2. The van der Waals surface area contributed by atoms with Crippen molar-refractivity contribution in [3.05, 3.63) is 101 Å². The van der Waals surface area contributed by atoms with Gasteiger partial charge in [-0.1, -0.05) is 72.3 Å². The van der Waals surface area contributed by atoms with Gasteiger partial charge in [-0.2, -0.15) is 0 Å². The largest absolute Gasteiger partial charge is 0.460 e. The minimum Gasteiger partial charge on any atom is -0.460 e. The Bertz CT molecular complexity index is 1110. The molecule has 1 atom stereocenters. The van der Waals surface area contributed by atoms with Crippen LogP contribution in [0.2, 0.25) is 0 Å². The third-order valence-corrected chi connectivity index (χ3v) is 5.87. The summed E-state index contributed by atoms with van der Waals surface area (Å²) in [7, 11) is -3.52. The zero-order valence-electron chi connectivity index (χ0n) is 17.3. The molecule has 0 aromatic heterocycles. The van der Waals surface area contributed by atoms with E-state index in [0.29, 0.717) is 13.0 Å². The van der Waals surface area contributed by atoms with Crippen molar-refractivity contribution >= 4 is 16.0 Å². The molecule has 0 bridgehead atoms. The second kappa shape index (κ2) is 10.3. The van der Waals surface area contributed by atoms with Gasteiger partial charge in [-0.05, 0) is 42.2 Å². The molecule has 7 heteroatoms. The maximum atomic E-state index is 12.1. The molecule has 1 heterocycles. The normalized spacial score (nSPS) is 15.2. The maximum absolute atomic E-state index is 12.1. The molecule has 0 saturated carbocycles. The lowest BCUT2D eigenvalue weighted by Gasteiger charge is -2.24. The number of hydrogen-bond donors (Lipinski definition) is 2. The summed E-state index contributed by atoms with van der Waals surface area (Å²) >= 11 is 0. The molecule has 0 aliphatic carbocycles. The van der Waals surface area contributed by atoms with Gasteiger partial charge in [-0.15, -0.1) is 0 Å². The maximum Gasteiger partial charge on any atom is 0.323 e. The number of nitrogens with one attached hydrogen (secondary N) is 1. The third-order valence-electron chi connectivity index (χ3n) is 4.94. The van der Waals surface area contributed by atoms with Crippen molar-refractivity contribution in [3.63, 3.8) is 0 Å². The molecule has 3 aromatic rings. The SMILES string of the molecule is Cc1ccc(S(N)(=O)=O)cc1.O=C(OCc1ccccc1)[C@@H]1Cc2ccccc2CN1. The number of primary sulfonamides is 1. The second-order valence-corrected chi connectivity index (χ2v) is 8.92. The average Bonchev–Trinajstić information content (AvgIpc) is 2.78. The van der Waals surface area contributed by atoms with Crippen LogP contribution in [0.4, 0.5) is 0 Å². The van der Waals surface area contributed by atoms with Crippen molar-refractivity contribution in [3.8, 4) is 0 Å². The number of benzene rings is 3. The summed E-state index contributed by atoms with van der Waals surface area (Å²) in [5.41, 5.74) is 4.52. The molecule has 162 valence electrons. The molecule has 31 heavy (non-hydrogen) atoms. The molecule has 4 rings (SSSR count). The van der Waals surface area contributed by atoms with Crippen LogP contribution in [0.3, 0.4) is 0 Å². The molecule has 1 aliphatic heterocycles. The number of esters is 1. The molecule has 0 radical (unpaired) electrons. The van der Waals surface area contributed by atoms with Crippen molar-refractivity contribution in [2.75, 3.05) is 0 Å². The van der Waals surface area contributed by atoms with E-state index in [1.807, 2.05) is 49.4 Å². The summed E-state index contributed by atoms with van der Waals surface area (Å²) in [6, 6.07) is 24.1. The molecule has 0 fully saturated rings. The molecule has 0 saturated heterocycles. The fourth-order valence-corrected chi connectivity index (χ4v) is 3.69. The highest BCUT2D eigenvalue weighted by Crippen LogP contribution is 2.17. The van der Waals surface area contributed by atoms with Gasteiger partial charge in [0.25, 0.3) is 0 Å². The van der Waals surface area contributed by atoms with Crippen LogP contribution < -0.4 is 10.5 Å². The number of fused-ring (bicyclic) bond motifs is 1. The van der Waals surface area contributed by atoms with Crippen LogP contribution in [0, 0.1) is 6.92 Å². The first-order chi connectivity index (χ1) is 14.8. The molecule has 6 nitrogen and oxygen atoms in total. The fraction of sp³-hybridized carbons (Fsp3) is 0.208. The van der Waals surface area contributed by atoms with Gasteiger partial charge in [0.15, 0.2) is 0 Å². The van der Waals surface area contributed by atoms with Crippen molar-refractivity contribution in [1.82, 2.24) is 5.32 Å². The summed E-state index contributed by atoms with van der Waals surface area (Å²) in [6.07, 6.45) is 0.698. The van der Waals surface area contributed by atoms with Gasteiger partial charge in [0.1, 0.15) is 12.6 Å². The molecule has 0 unspecified atom stereocenters. The van der Waals surface area contributed by atoms with Crippen molar-refractivity contribution in [1.29, 1.82) is 0 Å². The number of ether oxygens (including phenoxy) is 1. The average molecular weight is 439 g/mol. The number of carbonyl (C=O) groups excluding carboxylic acids is 1. The Kier molecular flexibility index (Phi) is 7.57. The first-order valence-corrected chi connectivity index (χ1v) is 11.5. The smallest absolute Gasteiger partial charge is 0.323 e. The summed E-state index contributed by atoms with van der Waals surface area (Å²) < 4.78 is 26.8. The van der Waals surface area contributed by atoms with Crippen LogP contribution in [0.1, 0.15) is 22.3 Å². The number of carbonyl (C=O) groups is 1. The molecule has 1 aliphatic rings. The fourth-order valence-electron chi connectivity index (χ4n) is 3.18. The van der Waals surface area contributed by atoms with E-state index in [1.54, 1.807) is 12.1 Å². The zero-order valence-corrected chi connectivity index (χ0v) is 18.1. The van der Waals surface area contributed by atoms with Gasteiger partial charge >= 0.3 is 5.97 Å². The lowest BCUT2D eigenvalue weighted by Crippen LogP contribution is -2.42. The van der Waals surface area contributed by atoms with E-state index in [-0.39, 0.29) is 16.9 Å². The van der Waals surface area contributed by atoms with E-state index >= 15 is 0 Å². The van der Waals surface area contributed by atoms with Gasteiger partial charge < -0.3 is 10.1 Å². The predicted octanol–water partition coefficient (Wildman–Crippen LogP) is 3.09. The van der Waals surface area contributed by atoms with Crippen molar-refractivity contribution in [2.24, 2.45) is 5.14 Å². The summed E-state index contributed by atoms with van der Waals surface area (Å²) in [4.78, 5) is 12.3. The van der Waals surface area contributed by atoms with Crippen LogP contribution in [-0.2, 0) is 39.1 Å². The first kappa shape index (κ1) is 22.7. The van der Waals surface area contributed by atoms with E-state index in [9.17, 15) is 13.2 Å². The highest BCUT2D eigenvalue weighted by Gasteiger charge is 2.25. The quantitative estimate of drug-likeness (QED) is 0.610. The third kappa shape index (κ3) is 6.75. The second-order valence-electron chi connectivity index (χ2n) is 7.36. The Morgan fingerprint density at radius 3 is 2.23 bits per heavy atom. The Hall–Kier alpha value is -3.00. The van der Waals surface area contributed by atoms with Crippen LogP contribution in [-0.4, -0.2) is 20.4 Å². The van der Waals surface area contributed by atoms with E-state index in [2.05, 4.69) is 17.4 Å². The highest BCUT2D eigenvalue weighted by molar-refractivity contribution is 7.89. The lowest BCUT2D eigenvalue weighted by atomic mass is 9.96. The topological polar surface area (TPSA) is 98.5 Å².